The Bertz CT molecular complexity index is 1760. The highest BCUT2D eigenvalue weighted by Gasteiger charge is 2.46. The zero-order valence-electron chi connectivity index (χ0n) is 22.1. The Hall–Kier alpha value is -4.28. The van der Waals surface area contributed by atoms with Gasteiger partial charge in [-0.1, -0.05) is 91.5 Å². The number of aliphatic hydroxyl groups excluding tert-OH is 1. The number of furan rings is 1. The minimum Gasteiger partial charge on any atom is -0.503 e. The van der Waals surface area contributed by atoms with Gasteiger partial charge in [-0.05, 0) is 46.9 Å². The number of carbonyl (C=O) groups excluding carboxylic acids is 2. The summed E-state index contributed by atoms with van der Waals surface area (Å²) in [7, 11) is 0. The van der Waals surface area contributed by atoms with Crippen molar-refractivity contribution in [1.29, 1.82) is 0 Å². The molecular weight excluding hydrogens is 561 g/mol. The molecule has 0 bridgehead atoms. The van der Waals surface area contributed by atoms with Crippen molar-refractivity contribution < 1.29 is 23.5 Å². The molecule has 3 heterocycles. The molecule has 10 heteroatoms. The predicted octanol–water partition coefficient (Wildman–Crippen LogP) is 7.62. The monoisotopic (exact) mass is 585 g/mol. The fourth-order valence-corrected chi connectivity index (χ4v) is 6.55. The molecule has 1 N–H and O–H groups in total. The number of aliphatic hydroxyl groups is 1. The van der Waals surface area contributed by atoms with E-state index in [0.29, 0.717) is 21.2 Å². The molecule has 6 rings (SSSR count). The Balaban J connectivity index is 1.36. The number of amides is 1. The Morgan fingerprint density at radius 1 is 1.07 bits per heavy atom. The van der Waals surface area contributed by atoms with Crippen molar-refractivity contribution in [3.8, 4) is 0 Å². The molecule has 7 nitrogen and oxygen atoms in total. The normalized spacial score (nSPS) is 15.5. The van der Waals surface area contributed by atoms with E-state index < -0.39 is 23.5 Å². The largest absolute Gasteiger partial charge is 0.503 e. The number of rotatable bonds is 8. The van der Waals surface area contributed by atoms with Crippen molar-refractivity contribution in [2.75, 3.05) is 4.90 Å². The molecule has 5 aromatic rings. The lowest BCUT2D eigenvalue weighted by atomic mass is 9.93. The molecule has 1 aliphatic heterocycles. The summed E-state index contributed by atoms with van der Waals surface area (Å²) in [6.07, 6.45) is 0. The van der Waals surface area contributed by atoms with E-state index >= 15 is 0 Å². The van der Waals surface area contributed by atoms with Gasteiger partial charge in [0.15, 0.2) is 15.9 Å². The van der Waals surface area contributed by atoms with Crippen LogP contribution in [0.3, 0.4) is 0 Å². The third kappa shape index (κ3) is 5.16. The maximum absolute atomic E-state index is 13.8. The highest BCUT2D eigenvalue weighted by molar-refractivity contribution is 8.00. The molecule has 3 aromatic carbocycles. The third-order valence-electron chi connectivity index (χ3n) is 6.90. The number of benzene rings is 3. The second kappa shape index (κ2) is 10.9. The Morgan fingerprint density at radius 3 is 2.51 bits per heavy atom. The number of aromatic nitrogens is 2. The van der Waals surface area contributed by atoms with Gasteiger partial charge in [-0.15, -0.1) is 10.2 Å². The van der Waals surface area contributed by atoms with Crippen LogP contribution in [0.4, 0.5) is 9.52 Å². The lowest BCUT2D eigenvalue weighted by Gasteiger charge is -2.24. The molecule has 0 radical (unpaired) electrons. The van der Waals surface area contributed by atoms with Crippen LogP contribution in [0.5, 0.6) is 0 Å². The molecule has 1 amide bonds. The van der Waals surface area contributed by atoms with Crippen LogP contribution >= 0.6 is 23.1 Å². The second-order valence-electron chi connectivity index (χ2n) is 9.90. The van der Waals surface area contributed by atoms with E-state index in [1.165, 1.54) is 40.1 Å². The zero-order valence-corrected chi connectivity index (χ0v) is 23.7. The van der Waals surface area contributed by atoms with E-state index in [-0.39, 0.29) is 28.2 Å². The van der Waals surface area contributed by atoms with Crippen LogP contribution in [-0.2, 0) is 10.5 Å². The first-order chi connectivity index (χ1) is 19.8. The molecule has 0 spiro atoms. The van der Waals surface area contributed by atoms with Gasteiger partial charge in [0.25, 0.3) is 5.91 Å². The van der Waals surface area contributed by atoms with Crippen molar-refractivity contribution in [3.63, 3.8) is 0 Å². The molecule has 0 aliphatic carbocycles. The van der Waals surface area contributed by atoms with E-state index in [4.69, 9.17) is 4.42 Å². The van der Waals surface area contributed by atoms with Gasteiger partial charge in [0, 0.05) is 11.1 Å². The SMILES string of the molecule is CC(C)c1ccc([C@H]2C(C(=O)c3cc4ccccc4o3)=C(O)C(=O)N2c2nnc(SCc3ccc(F)cc3)s2)cc1. The van der Waals surface area contributed by atoms with Gasteiger partial charge in [0.05, 0.1) is 11.6 Å². The van der Waals surface area contributed by atoms with Gasteiger partial charge in [-0.25, -0.2) is 4.39 Å². The number of anilines is 1. The van der Waals surface area contributed by atoms with Crippen LogP contribution in [-0.4, -0.2) is 27.0 Å². The van der Waals surface area contributed by atoms with Gasteiger partial charge in [0.2, 0.25) is 10.9 Å². The number of fused-ring (bicyclic) bond motifs is 1. The molecule has 1 aliphatic rings. The Kier molecular flexibility index (Phi) is 7.19. The summed E-state index contributed by atoms with van der Waals surface area (Å²) >= 11 is 2.57. The molecule has 0 unspecified atom stereocenters. The first-order valence-electron chi connectivity index (χ1n) is 12.9. The van der Waals surface area contributed by atoms with Crippen LogP contribution in [0.2, 0.25) is 0 Å². The van der Waals surface area contributed by atoms with Crippen molar-refractivity contribution >= 4 is 50.9 Å². The standard InChI is InChI=1S/C31H24FN3O4S2/c1-17(2)19-9-11-20(12-10-19)26-25(27(36)24-15-21-5-3-4-6-23(21)39-24)28(37)29(38)35(26)30-33-34-31(41-30)40-16-18-7-13-22(32)14-8-18/h3-15,17,26,37H,16H2,1-2H3/t26-/m0/s1. The average molecular weight is 586 g/mol. The van der Waals surface area contributed by atoms with Crippen LogP contribution in [0.15, 0.2) is 99.0 Å². The van der Waals surface area contributed by atoms with Crippen LogP contribution in [0.1, 0.15) is 53.1 Å². The maximum atomic E-state index is 13.8. The number of para-hydroxylation sites is 1. The molecule has 0 fully saturated rings. The molecular formula is C31H24FN3O4S2. The molecule has 0 saturated carbocycles. The summed E-state index contributed by atoms with van der Waals surface area (Å²) in [5.41, 5.74) is 3.09. The fourth-order valence-electron chi connectivity index (χ4n) is 4.72. The van der Waals surface area contributed by atoms with Gasteiger partial charge in [-0.2, -0.15) is 0 Å². The number of hydrogen-bond donors (Lipinski definition) is 1. The highest BCUT2D eigenvalue weighted by atomic mass is 32.2. The number of Topliss-reactive ketones (excluding diaryl/α,β-unsaturated/α-hetero) is 1. The van der Waals surface area contributed by atoms with Crippen molar-refractivity contribution in [2.24, 2.45) is 0 Å². The maximum Gasteiger partial charge on any atom is 0.296 e. The first kappa shape index (κ1) is 26.9. The third-order valence-corrected chi connectivity index (χ3v) is 9.03. The summed E-state index contributed by atoms with van der Waals surface area (Å²) in [4.78, 5) is 28.7. The lowest BCUT2D eigenvalue weighted by molar-refractivity contribution is -0.117. The lowest BCUT2D eigenvalue weighted by Crippen LogP contribution is -2.31. The van der Waals surface area contributed by atoms with Gasteiger partial charge in [0.1, 0.15) is 11.4 Å². The summed E-state index contributed by atoms with van der Waals surface area (Å²) in [5, 5.41) is 20.6. The average Bonchev–Trinajstić information content (AvgIpc) is 3.69. The van der Waals surface area contributed by atoms with E-state index in [1.807, 2.05) is 36.4 Å². The smallest absolute Gasteiger partial charge is 0.296 e. The zero-order chi connectivity index (χ0) is 28.7. The van der Waals surface area contributed by atoms with Gasteiger partial charge >= 0.3 is 0 Å². The van der Waals surface area contributed by atoms with E-state index in [0.717, 1.165) is 16.5 Å². The van der Waals surface area contributed by atoms with Crippen molar-refractivity contribution in [3.05, 3.63) is 118 Å². The first-order valence-corrected chi connectivity index (χ1v) is 14.7. The minimum absolute atomic E-state index is 0.0269. The number of nitrogens with zero attached hydrogens (tertiary/aromatic N) is 3. The van der Waals surface area contributed by atoms with Gasteiger partial charge in [-0.3, -0.25) is 14.5 Å². The summed E-state index contributed by atoms with van der Waals surface area (Å²) in [6.45, 7) is 4.16. The molecule has 0 saturated heterocycles. The molecule has 41 heavy (non-hydrogen) atoms. The summed E-state index contributed by atoms with van der Waals surface area (Å²) < 4.78 is 19.7. The van der Waals surface area contributed by atoms with E-state index in [1.54, 1.807) is 30.3 Å². The second-order valence-corrected chi connectivity index (χ2v) is 12.1. The fraction of sp³-hybridized carbons (Fsp3) is 0.161. The number of carbonyl (C=O) groups is 2. The number of hydrogen-bond acceptors (Lipinski definition) is 8. The van der Waals surface area contributed by atoms with Gasteiger partial charge < -0.3 is 9.52 Å². The highest BCUT2D eigenvalue weighted by Crippen LogP contribution is 2.44. The van der Waals surface area contributed by atoms with Crippen molar-refractivity contribution in [2.45, 2.75) is 35.9 Å². The van der Waals surface area contributed by atoms with Crippen LogP contribution in [0.25, 0.3) is 11.0 Å². The summed E-state index contributed by atoms with van der Waals surface area (Å²) in [6, 6.07) is 21.7. The van der Waals surface area contributed by atoms with Crippen molar-refractivity contribution in [1.82, 2.24) is 10.2 Å². The Labute approximate surface area is 243 Å². The number of thioether (sulfide) groups is 1. The van der Waals surface area contributed by atoms with Crippen LogP contribution in [0, 0.1) is 5.82 Å². The minimum atomic E-state index is -0.938. The Morgan fingerprint density at radius 2 is 1.80 bits per heavy atom. The number of ketones is 1. The predicted molar refractivity (Wildman–Crippen MR) is 157 cm³/mol. The quantitative estimate of drug-likeness (QED) is 0.114. The topological polar surface area (TPSA) is 96.5 Å². The molecule has 1 atom stereocenters. The summed E-state index contributed by atoms with van der Waals surface area (Å²) in [5.74, 6) is -1.44. The molecule has 2 aromatic heterocycles. The van der Waals surface area contributed by atoms with E-state index in [2.05, 4.69) is 24.0 Å². The number of halogens is 1. The van der Waals surface area contributed by atoms with E-state index in [9.17, 15) is 19.1 Å². The van der Waals surface area contributed by atoms with Crippen LogP contribution < -0.4 is 4.90 Å². The molecule has 206 valence electrons.